The van der Waals surface area contributed by atoms with Crippen LogP contribution in [-0.4, -0.2) is 34.3 Å². The summed E-state index contributed by atoms with van der Waals surface area (Å²) in [4.78, 5) is 27.8. The summed E-state index contributed by atoms with van der Waals surface area (Å²) in [5, 5.41) is 8.72. The number of carbonyl (C=O) groups is 2. The van der Waals surface area contributed by atoms with Crippen molar-refractivity contribution in [3.05, 3.63) is 36.8 Å². The van der Waals surface area contributed by atoms with Crippen LogP contribution in [-0.2, 0) is 9.59 Å². The normalized spacial score (nSPS) is 19.3. The molecular formula is C11H10N2O4. The second-order valence-corrected chi connectivity index (χ2v) is 3.43. The average molecular weight is 234 g/mol. The molecular weight excluding hydrogens is 224 g/mol. The lowest BCUT2D eigenvalue weighted by Crippen LogP contribution is -2.36. The molecule has 0 saturated heterocycles. The number of aliphatic carboxylic acids is 1. The molecule has 0 aliphatic carbocycles. The van der Waals surface area contributed by atoms with Gasteiger partial charge in [-0.25, -0.2) is 4.99 Å². The average Bonchev–Trinajstić information content (AvgIpc) is 2.88. The topological polar surface area (TPSA) is 83.1 Å². The Morgan fingerprint density at radius 3 is 3.00 bits per heavy atom. The minimum atomic E-state index is -1.10. The highest BCUT2D eigenvalue weighted by Crippen LogP contribution is 2.26. The molecule has 1 atom stereocenters. The van der Waals surface area contributed by atoms with Gasteiger partial charge in [0.05, 0.1) is 6.26 Å². The van der Waals surface area contributed by atoms with Gasteiger partial charge in [-0.1, -0.05) is 6.58 Å². The molecule has 2 heterocycles. The number of nitrogens with zero attached hydrogens (tertiary/aromatic N) is 2. The van der Waals surface area contributed by atoms with Crippen LogP contribution in [0, 0.1) is 0 Å². The van der Waals surface area contributed by atoms with E-state index in [4.69, 9.17) is 9.52 Å². The van der Waals surface area contributed by atoms with Gasteiger partial charge in [0.2, 0.25) is 0 Å². The Bertz CT molecular complexity index is 490. The molecule has 0 saturated carbocycles. The number of hydrogen-bond donors (Lipinski definition) is 1. The quantitative estimate of drug-likeness (QED) is 0.836. The molecule has 0 fully saturated rings. The summed E-state index contributed by atoms with van der Waals surface area (Å²) in [6.07, 6.45) is 2.79. The number of amides is 1. The molecule has 0 radical (unpaired) electrons. The molecule has 1 aromatic heterocycles. The van der Waals surface area contributed by atoms with Crippen molar-refractivity contribution in [2.75, 3.05) is 6.54 Å². The second kappa shape index (κ2) is 4.25. The molecule has 6 nitrogen and oxygen atoms in total. The first-order valence-electron chi connectivity index (χ1n) is 4.90. The lowest BCUT2D eigenvalue weighted by molar-refractivity contribution is -0.141. The molecule has 0 spiro atoms. The fourth-order valence-electron chi connectivity index (χ4n) is 1.61. The molecule has 0 aromatic carbocycles. The van der Waals surface area contributed by atoms with Gasteiger partial charge in [0.15, 0.2) is 6.04 Å². The molecule has 0 bridgehead atoms. The molecule has 1 unspecified atom stereocenters. The largest absolute Gasteiger partial charge is 0.480 e. The van der Waals surface area contributed by atoms with E-state index in [1.165, 1.54) is 12.3 Å². The maximum Gasteiger partial charge on any atom is 0.323 e. The van der Waals surface area contributed by atoms with Crippen LogP contribution in [0.15, 0.2) is 40.5 Å². The zero-order valence-corrected chi connectivity index (χ0v) is 8.87. The first kappa shape index (κ1) is 11.1. The molecule has 1 aliphatic rings. The Labute approximate surface area is 96.9 Å². The van der Waals surface area contributed by atoms with Crippen molar-refractivity contribution < 1.29 is 19.1 Å². The van der Waals surface area contributed by atoms with E-state index in [-0.39, 0.29) is 5.84 Å². The minimum Gasteiger partial charge on any atom is -0.480 e. The number of rotatable bonds is 4. The second-order valence-electron chi connectivity index (χ2n) is 3.43. The predicted octanol–water partition coefficient (Wildman–Crippen LogP) is 0.832. The van der Waals surface area contributed by atoms with Gasteiger partial charge in [-0.2, -0.15) is 0 Å². The maximum atomic E-state index is 11.9. The summed E-state index contributed by atoms with van der Waals surface area (Å²) in [6.45, 7) is 3.07. The Morgan fingerprint density at radius 1 is 1.71 bits per heavy atom. The van der Waals surface area contributed by atoms with Crippen molar-refractivity contribution in [3.63, 3.8) is 0 Å². The molecule has 6 heteroatoms. The van der Waals surface area contributed by atoms with Crippen LogP contribution in [0.5, 0.6) is 0 Å². The number of carbonyl (C=O) groups excluding carboxylic acids is 1. The summed E-state index contributed by atoms with van der Waals surface area (Å²) in [7, 11) is 0. The van der Waals surface area contributed by atoms with Gasteiger partial charge in [0, 0.05) is 0 Å². The molecule has 17 heavy (non-hydrogen) atoms. The van der Waals surface area contributed by atoms with E-state index >= 15 is 0 Å². The maximum absolute atomic E-state index is 11.9. The van der Waals surface area contributed by atoms with Gasteiger partial charge in [0.1, 0.15) is 18.1 Å². The summed E-state index contributed by atoms with van der Waals surface area (Å²) in [5.74, 6) is -0.883. The van der Waals surface area contributed by atoms with Crippen LogP contribution in [0.4, 0.5) is 0 Å². The van der Waals surface area contributed by atoms with E-state index in [0.29, 0.717) is 5.76 Å². The van der Waals surface area contributed by atoms with Gasteiger partial charge >= 0.3 is 5.97 Å². The lowest BCUT2D eigenvalue weighted by Gasteiger charge is -2.13. The van der Waals surface area contributed by atoms with E-state index in [0.717, 1.165) is 4.90 Å². The van der Waals surface area contributed by atoms with Gasteiger partial charge in [-0.05, 0) is 18.2 Å². The van der Waals surface area contributed by atoms with Gasteiger partial charge in [-0.3, -0.25) is 14.5 Å². The number of hydrogen-bond acceptors (Lipinski definition) is 4. The number of amidine groups is 1. The molecule has 1 aliphatic heterocycles. The number of aliphatic imine (C=N–C) groups is 1. The monoisotopic (exact) mass is 234 g/mol. The highest BCUT2D eigenvalue weighted by molar-refractivity contribution is 6.11. The van der Waals surface area contributed by atoms with Crippen molar-refractivity contribution >= 4 is 17.7 Å². The number of carboxylic acid groups (broad SMARTS) is 1. The SMILES string of the molecule is C=CC1=NC(c2ccco2)C(=O)N1CC(=O)O. The fourth-order valence-corrected chi connectivity index (χ4v) is 1.61. The molecule has 1 amide bonds. The van der Waals surface area contributed by atoms with Gasteiger partial charge in [-0.15, -0.1) is 0 Å². The van der Waals surface area contributed by atoms with Crippen LogP contribution in [0.1, 0.15) is 11.8 Å². The lowest BCUT2D eigenvalue weighted by atomic mass is 10.2. The van der Waals surface area contributed by atoms with Crippen molar-refractivity contribution in [3.8, 4) is 0 Å². The van der Waals surface area contributed by atoms with Crippen LogP contribution >= 0.6 is 0 Å². The highest BCUT2D eigenvalue weighted by Gasteiger charge is 2.36. The number of furan rings is 1. The molecule has 1 N–H and O–H groups in total. The first-order valence-corrected chi connectivity index (χ1v) is 4.90. The van der Waals surface area contributed by atoms with Crippen LogP contribution in [0.3, 0.4) is 0 Å². The Kier molecular flexibility index (Phi) is 2.78. The molecule has 88 valence electrons. The van der Waals surface area contributed by atoms with E-state index in [9.17, 15) is 9.59 Å². The fraction of sp³-hybridized carbons (Fsp3) is 0.182. The standard InChI is InChI=1S/C11H10N2O4/c1-2-8-12-10(7-4-3-5-17-7)11(16)13(8)6-9(14)15/h2-5,10H,1,6H2,(H,14,15). The van der Waals surface area contributed by atoms with Gasteiger partial charge < -0.3 is 9.52 Å². The summed E-state index contributed by atoms with van der Waals surface area (Å²) < 4.78 is 5.10. The Hall–Kier alpha value is -2.37. The van der Waals surface area contributed by atoms with E-state index in [1.807, 2.05) is 0 Å². The van der Waals surface area contributed by atoms with Crippen molar-refractivity contribution in [1.29, 1.82) is 0 Å². The van der Waals surface area contributed by atoms with Gasteiger partial charge in [0.25, 0.3) is 5.91 Å². The van der Waals surface area contributed by atoms with Crippen molar-refractivity contribution in [2.24, 2.45) is 4.99 Å². The van der Waals surface area contributed by atoms with E-state index in [1.54, 1.807) is 12.1 Å². The predicted molar refractivity (Wildman–Crippen MR) is 58.4 cm³/mol. The zero-order valence-electron chi connectivity index (χ0n) is 8.87. The summed E-state index contributed by atoms with van der Waals surface area (Å²) in [5.41, 5.74) is 0. The highest BCUT2D eigenvalue weighted by atomic mass is 16.4. The Balaban J connectivity index is 2.29. The molecule has 2 rings (SSSR count). The Morgan fingerprint density at radius 2 is 2.47 bits per heavy atom. The smallest absolute Gasteiger partial charge is 0.323 e. The van der Waals surface area contributed by atoms with Crippen LogP contribution in [0.25, 0.3) is 0 Å². The first-order chi connectivity index (χ1) is 8.13. The third kappa shape index (κ3) is 1.96. The van der Waals surface area contributed by atoms with Crippen molar-refractivity contribution in [2.45, 2.75) is 6.04 Å². The third-order valence-electron chi connectivity index (χ3n) is 2.33. The van der Waals surface area contributed by atoms with Crippen LogP contribution in [0.2, 0.25) is 0 Å². The summed E-state index contributed by atoms with van der Waals surface area (Å²) in [6, 6.07) is 2.46. The van der Waals surface area contributed by atoms with E-state index < -0.39 is 24.5 Å². The van der Waals surface area contributed by atoms with Crippen LogP contribution < -0.4 is 0 Å². The molecule has 1 aromatic rings. The summed E-state index contributed by atoms with van der Waals surface area (Å²) >= 11 is 0. The van der Waals surface area contributed by atoms with E-state index in [2.05, 4.69) is 11.6 Å². The van der Waals surface area contributed by atoms with Crippen molar-refractivity contribution in [1.82, 2.24) is 4.90 Å². The minimum absolute atomic E-state index is 0.249. The number of carboxylic acids is 1. The zero-order chi connectivity index (χ0) is 12.4. The third-order valence-corrected chi connectivity index (χ3v) is 2.33.